The Hall–Kier alpha value is -0.640. The second kappa shape index (κ2) is 5.34. The first-order valence-electron chi connectivity index (χ1n) is 5.98. The van der Waals surface area contributed by atoms with Crippen LogP contribution >= 0.6 is 11.6 Å². The van der Waals surface area contributed by atoms with Gasteiger partial charge in [-0.1, -0.05) is 17.7 Å². The fourth-order valence-corrected chi connectivity index (χ4v) is 2.90. The molecule has 1 saturated heterocycles. The number of hydrogen-bond acceptors (Lipinski definition) is 2. The van der Waals surface area contributed by atoms with Gasteiger partial charge in [-0.25, -0.2) is 4.39 Å². The van der Waals surface area contributed by atoms with Crippen LogP contribution in [0.1, 0.15) is 24.4 Å². The van der Waals surface area contributed by atoms with Gasteiger partial charge in [0.15, 0.2) is 0 Å². The Morgan fingerprint density at radius 2 is 2.29 bits per heavy atom. The molecule has 1 aromatic carbocycles. The van der Waals surface area contributed by atoms with E-state index in [1.54, 1.807) is 12.1 Å². The van der Waals surface area contributed by atoms with E-state index in [2.05, 4.69) is 4.90 Å². The molecule has 4 heteroatoms. The minimum Gasteiger partial charge on any atom is -0.330 e. The third kappa shape index (κ3) is 2.62. The maximum absolute atomic E-state index is 14.0. The normalized spacial score (nSPS) is 26.1. The van der Waals surface area contributed by atoms with Crippen LogP contribution in [-0.4, -0.2) is 25.0 Å². The topological polar surface area (TPSA) is 29.3 Å². The van der Waals surface area contributed by atoms with Crippen molar-refractivity contribution in [2.45, 2.75) is 18.9 Å². The minimum absolute atomic E-state index is 0.0750. The number of rotatable bonds is 2. The predicted octanol–water partition coefficient (Wildman–Crippen LogP) is 2.82. The standard InChI is InChI=1S/C13H18ClFN2/c1-17-6-2-3-9(8-16)13(17)11-5-4-10(14)7-12(11)15/h4-5,7,9,13H,2-3,6,8,16H2,1H3. The van der Waals surface area contributed by atoms with E-state index in [4.69, 9.17) is 17.3 Å². The number of nitrogens with two attached hydrogens (primary N) is 1. The molecule has 2 nitrogen and oxygen atoms in total. The Bertz CT molecular complexity index is 397. The smallest absolute Gasteiger partial charge is 0.129 e. The summed E-state index contributed by atoms with van der Waals surface area (Å²) in [5.41, 5.74) is 6.51. The van der Waals surface area contributed by atoms with E-state index >= 15 is 0 Å². The second-order valence-corrected chi connectivity index (χ2v) is 5.17. The lowest BCUT2D eigenvalue weighted by Crippen LogP contribution is -2.39. The Kier molecular flexibility index (Phi) is 4.02. The molecule has 0 radical (unpaired) electrons. The molecule has 1 aromatic rings. The van der Waals surface area contributed by atoms with Crippen LogP contribution in [0, 0.1) is 11.7 Å². The number of hydrogen-bond donors (Lipinski definition) is 1. The summed E-state index contributed by atoms with van der Waals surface area (Å²) in [6.07, 6.45) is 2.19. The zero-order valence-electron chi connectivity index (χ0n) is 10.00. The average molecular weight is 257 g/mol. The molecule has 1 heterocycles. The molecule has 2 rings (SSSR count). The van der Waals surface area contributed by atoms with Gasteiger partial charge < -0.3 is 5.73 Å². The largest absolute Gasteiger partial charge is 0.330 e. The minimum atomic E-state index is -0.227. The first-order chi connectivity index (χ1) is 8.13. The molecule has 2 N–H and O–H groups in total. The van der Waals surface area contributed by atoms with E-state index in [9.17, 15) is 4.39 Å². The monoisotopic (exact) mass is 256 g/mol. The van der Waals surface area contributed by atoms with Crippen molar-refractivity contribution in [3.05, 3.63) is 34.6 Å². The second-order valence-electron chi connectivity index (χ2n) is 4.73. The van der Waals surface area contributed by atoms with Gasteiger partial charge in [0, 0.05) is 16.6 Å². The highest BCUT2D eigenvalue weighted by atomic mass is 35.5. The number of benzene rings is 1. The van der Waals surface area contributed by atoms with E-state index in [1.807, 2.05) is 7.05 Å². The maximum atomic E-state index is 14.0. The molecule has 1 aliphatic rings. The van der Waals surface area contributed by atoms with Crippen LogP contribution in [0.3, 0.4) is 0 Å². The summed E-state index contributed by atoms with van der Waals surface area (Å²) >= 11 is 5.78. The van der Waals surface area contributed by atoms with Gasteiger partial charge in [-0.2, -0.15) is 0 Å². The molecule has 0 aliphatic carbocycles. The van der Waals surface area contributed by atoms with Crippen LogP contribution in [-0.2, 0) is 0 Å². The number of nitrogens with zero attached hydrogens (tertiary/aromatic N) is 1. The van der Waals surface area contributed by atoms with Gasteiger partial charge in [-0.15, -0.1) is 0 Å². The van der Waals surface area contributed by atoms with Crippen molar-refractivity contribution in [1.29, 1.82) is 0 Å². The Morgan fingerprint density at radius 1 is 1.53 bits per heavy atom. The fourth-order valence-electron chi connectivity index (χ4n) is 2.74. The van der Waals surface area contributed by atoms with Crippen molar-refractivity contribution in [2.24, 2.45) is 11.7 Å². The Morgan fingerprint density at radius 3 is 2.94 bits per heavy atom. The van der Waals surface area contributed by atoms with E-state index in [0.717, 1.165) is 19.4 Å². The van der Waals surface area contributed by atoms with Gasteiger partial charge in [-0.05, 0) is 51.0 Å². The maximum Gasteiger partial charge on any atom is 0.129 e. The summed E-state index contributed by atoms with van der Waals surface area (Å²) < 4.78 is 14.0. The average Bonchev–Trinajstić information content (AvgIpc) is 2.30. The highest BCUT2D eigenvalue weighted by Crippen LogP contribution is 2.36. The molecule has 0 aromatic heterocycles. The van der Waals surface area contributed by atoms with Crippen LogP contribution in [0.2, 0.25) is 5.02 Å². The molecule has 1 fully saturated rings. The molecule has 2 atom stereocenters. The van der Waals surface area contributed by atoms with E-state index < -0.39 is 0 Å². The lowest BCUT2D eigenvalue weighted by atomic mass is 9.85. The zero-order chi connectivity index (χ0) is 12.4. The summed E-state index contributed by atoms with van der Waals surface area (Å²) in [6, 6.07) is 4.99. The SMILES string of the molecule is CN1CCCC(CN)C1c1ccc(Cl)cc1F. The highest BCUT2D eigenvalue weighted by molar-refractivity contribution is 6.30. The lowest BCUT2D eigenvalue weighted by Gasteiger charge is -2.39. The van der Waals surface area contributed by atoms with Crippen LogP contribution < -0.4 is 5.73 Å². The summed E-state index contributed by atoms with van der Waals surface area (Å²) in [7, 11) is 2.03. The summed E-state index contributed by atoms with van der Waals surface area (Å²) in [5.74, 6) is 0.0964. The zero-order valence-corrected chi connectivity index (χ0v) is 10.8. The van der Waals surface area contributed by atoms with Gasteiger partial charge >= 0.3 is 0 Å². The molecule has 17 heavy (non-hydrogen) atoms. The van der Waals surface area contributed by atoms with Crippen molar-refractivity contribution in [3.63, 3.8) is 0 Å². The first kappa shape index (κ1) is 12.8. The summed E-state index contributed by atoms with van der Waals surface area (Å²) in [4.78, 5) is 2.19. The van der Waals surface area contributed by atoms with Gasteiger partial charge in [0.25, 0.3) is 0 Å². The first-order valence-corrected chi connectivity index (χ1v) is 6.36. The molecular formula is C13H18ClFN2. The van der Waals surface area contributed by atoms with Gasteiger partial charge in [0.1, 0.15) is 5.82 Å². The molecule has 94 valence electrons. The van der Waals surface area contributed by atoms with Gasteiger partial charge in [0.2, 0.25) is 0 Å². The van der Waals surface area contributed by atoms with E-state index in [1.165, 1.54) is 6.07 Å². The van der Waals surface area contributed by atoms with Crippen molar-refractivity contribution in [1.82, 2.24) is 4.90 Å². The number of halogens is 2. The Balaban J connectivity index is 2.34. The molecule has 1 aliphatic heterocycles. The molecular weight excluding hydrogens is 239 g/mol. The fraction of sp³-hybridized carbons (Fsp3) is 0.538. The van der Waals surface area contributed by atoms with E-state index in [0.29, 0.717) is 23.0 Å². The quantitative estimate of drug-likeness (QED) is 0.882. The molecule has 2 unspecified atom stereocenters. The van der Waals surface area contributed by atoms with Crippen molar-refractivity contribution in [3.8, 4) is 0 Å². The highest BCUT2D eigenvalue weighted by Gasteiger charge is 2.31. The van der Waals surface area contributed by atoms with Gasteiger partial charge in [0.05, 0.1) is 0 Å². The molecule has 0 amide bonds. The number of likely N-dealkylation sites (tertiary alicyclic amines) is 1. The third-order valence-electron chi connectivity index (χ3n) is 3.59. The van der Waals surface area contributed by atoms with Crippen molar-refractivity contribution in [2.75, 3.05) is 20.1 Å². The summed E-state index contributed by atoms with van der Waals surface area (Å²) in [6.45, 7) is 1.58. The van der Waals surface area contributed by atoms with Crippen molar-refractivity contribution < 1.29 is 4.39 Å². The molecule has 0 spiro atoms. The predicted molar refractivity (Wildman–Crippen MR) is 68.6 cm³/mol. The molecule has 0 saturated carbocycles. The van der Waals surface area contributed by atoms with Gasteiger partial charge in [-0.3, -0.25) is 4.90 Å². The van der Waals surface area contributed by atoms with Crippen LogP contribution in [0.15, 0.2) is 18.2 Å². The van der Waals surface area contributed by atoms with Crippen LogP contribution in [0.4, 0.5) is 4.39 Å². The van der Waals surface area contributed by atoms with Crippen LogP contribution in [0.25, 0.3) is 0 Å². The van der Waals surface area contributed by atoms with Crippen LogP contribution in [0.5, 0.6) is 0 Å². The lowest BCUT2D eigenvalue weighted by molar-refractivity contribution is 0.122. The third-order valence-corrected chi connectivity index (χ3v) is 3.83. The Labute approximate surface area is 107 Å². The van der Waals surface area contributed by atoms with Crippen molar-refractivity contribution >= 4 is 11.6 Å². The summed E-state index contributed by atoms with van der Waals surface area (Å²) in [5, 5.41) is 0.439. The van der Waals surface area contributed by atoms with E-state index in [-0.39, 0.29) is 11.9 Å². The number of piperidine rings is 1. The molecule has 0 bridgehead atoms.